The lowest BCUT2D eigenvalue weighted by Crippen LogP contribution is -2.24. The van der Waals surface area contributed by atoms with E-state index in [0.29, 0.717) is 18.9 Å². The van der Waals surface area contributed by atoms with Crippen LogP contribution >= 0.6 is 0 Å². The van der Waals surface area contributed by atoms with Gasteiger partial charge >= 0.3 is 0 Å². The fourth-order valence-electron chi connectivity index (χ4n) is 1.78. The first-order valence-electron chi connectivity index (χ1n) is 4.62. The van der Waals surface area contributed by atoms with Gasteiger partial charge in [0.25, 0.3) is 0 Å². The van der Waals surface area contributed by atoms with E-state index >= 15 is 0 Å². The Morgan fingerprint density at radius 3 is 2.93 bits per heavy atom. The third-order valence-corrected chi connectivity index (χ3v) is 2.67. The summed E-state index contributed by atoms with van der Waals surface area (Å²) in [6, 6.07) is 9.84. The van der Waals surface area contributed by atoms with Crippen LogP contribution in [0.15, 0.2) is 24.3 Å². The molecule has 72 valence electrons. The van der Waals surface area contributed by atoms with E-state index in [2.05, 4.69) is 6.07 Å². The Hall–Kier alpha value is -1.53. The van der Waals surface area contributed by atoms with E-state index in [9.17, 15) is 5.26 Å². The van der Waals surface area contributed by atoms with Crippen LogP contribution in [-0.2, 0) is 10.2 Å². The first-order chi connectivity index (χ1) is 6.77. The highest BCUT2D eigenvalue weighted by atomic mass is 16.5. The van der Waals surface area contributed by atoms with Crippen LogP contribution in [0.5, 0.6) is 0 Å². The van der Waals surface area contributed by atoms with E-state index < -0.39 is 5.41 Å². The number of nitriles is 1. The highest BCUT2D eigenvalue weighted by Gasteiger charge is 2.36. The quantitative estimate of drug-likeness (QED) is 0.678. The van der Waals surface area contributed by atoms with E-state index in [1.165, 1.54) is 0 Å². The summed E-state index contributed by atoms with van der Waals surface area (Å²) in [6.45, 7) is 1.13. The number of hydrogen-bond acceptors (Lipinski definition) is 3. The van der Waals surface area contributed by atoms with Crippen LogP contribution in [0.1, 0.15) is 12.0 Å². The molecule has 0 aliphatic carbocycles. The third-order valence-electron chi connectivity index (χ3n) is 2.67. The van der Waals surface area contributed by atoms with Gasteiger partial charge in [0, 0.05) is 12.3 Å². The first-order valence-corrected chi connectivity index (χ1v) is 4.62. The Morgan fingerprint density at radius 2 is 2.36 bits per heavy atom. The van der Waals surface area contributed by atoms with E-state index in [-0.39, 0.29) is 0 Å². The zero-order valence-corrected chi connectivity index (χ0v) is 7.86. The molecule has 0 amide bonds. The van der Waals surface area contributed by atoms with Crippen LogP contribution < -0.4 is 5.73 Å². The molecule has 1 atom stereocenters. The number of nitrogens with zero attached hydrogens (tertiary/aromatic N) is 1. The summed E-state index contributed by atoms with van der Waals surface area (Å²) in [6.07, 6.45) is 0.757. The minimum absolute atomic E-state index is 0.477. The molecule has 0 bridgehead atoms. The van der Waals surface area contributed by atoms with Gasteiger partial charge in [-0.2, -0.15) is 5.26 Å². The van der Waals surface area contributed by atoms with Crippen molar-refractivity contribution >= 4 is 5.69 Å². The second-order valence-electron chi connectivity index (χ2n) is 3.62. The molecule has 0 radical (unpaired) electrons. The molecule has 1 saturated heterocycles. The summed E-state index contributed by atoms with van der Waals surface area (Å²) in [5.41, 5.74) is 6.88. The lowest BCUT2D eigenvalue weighted by Gasteiger charge is -2.18. The average Bonchev–Trinajstić information content (AvgIpc) is 2.67. The Balaban J connectivity index is 2.42. The van der Waals surface area contributed by atoms with Crippen molar-refractivity contribution in [2.24, 2.45) is 0 Å². The van der Waals surface area contributed by atoms with Crippen molar-refractivity contribution in [1.29, 1.82) is 5.26 Å². The summed E-state index contributed by atoms with van der Waals surface area (Å²) >= 11 is 0. The molecule has 3 nitrogen and oxygen atoms in total. The van der Waals surface area contributed by atoms with Gasteiger partial charge in [0.05, 0.1) is 12.7 Å². The standard InChI is InChI=1S/C11H12N2O/c12-7-11(4-5-14-8-11)9-2-1-3-10(13)6-9/h1-3,6H,4-5,8,13H2/t11-/m0/s1. The Labute approximate surface area is 83.1 Å². The van der Waals surface area contributed by atoms with E-state index in [4.69, 9.17) is 10.5 Å². The zero-order valence-electron chi connectivity index (χ0n) is 7.86. The summed E-state index contributed by atoms with van der Waals surface area (Å²) in [7, 11) is 0. The van der Waals surface area contributed by atoms with Crippen molar-refractivity contribution in [2.75, 3.05) is 18.9 Å². The van der Waals surface area contributed by atoms with Gasteiger partial charge in [0.2, 0.25) is 0 Å². The molecule has 1 aromatic carbocycles. The summed E-state index contributed by atoms with van der Waals surface area (Å²) in [4.78, 5) is 0. The van der Waals surface area contributed by atoms with Crippen molar-refractivity contribution in [3.05, 3.63) is 29.8 Å². The number of benzene rings is 1. The summed E-state index contributed by atoms with van der Waals surface area (Å²) in [5.74, 6) is 0. The van der Waals surface area contributed by atoms with Crippen LogP contribution in [0.25, 0.3) is 0 Å². The predicted octanol–water partition coefficient (Wildman–Crippen LogP) is 1.45. The molecular formula is C11H12N2O. The van der Waals surface area contributed by atoms with Gasteiger partial charge in [0.15, 0.2) is 0 Å². The van der Waals surface area contributed by atoms with Crippen molar-refractivity contribution in [3.63, 3.8) is 0 Å². The van der Waals surface area contributed by atoms with E-state index in [1.54, 1.807) is 0 Å². The van der Waals surface area contributed by atoms with Gasteiger partial charge in [-0.05, 0) is 24.1 Å². The predicted molar refractivity (Wildman–Crippen MR) is 53.6 cm³/mol. The van der Waals surface area contributed by atoms with Crippen LogP contribution in [0.3, 0.4) is 0 Å². The number of nitrogen functional groups attached to an aromatic ring is 1. The molecular weight excluding hydrogens is 176 g/mol. The number of anilines is 1. The van der Waals surface area contributed by atoms with Crippen molar-refractivity contribution in [1.82, 2.24) is 0 Å². The van der Waals surface area contributed by atoms with Crippen LogP contribution in [0, 0.1) is 11.3 Å². The number of nitrogens with two attached hydrogens (primary N) is 1. The minimum Gasteiger partial charge on any atom is -0.399 e. The van der Waals surface area contributed by atoms with E-state index in [0.717, 1.165) is 12.0 Å². The van der Waals surface area contributed by atoms with Crippen molar-refractivity contribution in [2.45, 2.75) is 11.8 Å². The highest BCUT2D eigenvalue weighted by Crippen LogP contribution is 2.33. The van der Waals surface area contributed by atoms with Crippen LogP contribution in [-0.4, -0.2) is 13.2 Å². The molecule has 2 rings (SSSR count). The number of rotatable bonds is 1. The van der Waals surface area contributed by atoms with E-state index in [1.807, 2.05) is 24.3 Å². The molecule has 2 N–H and O–H groups in total. The molecule has 3 heteroatoms. The Morgan fingerprint density at radius 1 is 1.50 bits per heavy atom. The molecule has 1 aliphatic rings. The Bertz CT molecular complexity index is 375. The molecule has 1 aromatic rings. The second-order valence-corrected chi connectivity index (χ2v) is 3.62. The molecule has 0 spiro atoms. The van der Waals surface area contributed by atoms with Gasteiger partial charge < -0.3 is 10.5 Å². The maximum absolute atomic E-state index is 9.19. The molecule has 1 aliphatic heterocycles. The first kappa shape index (κ1) is 9.04. The fraction of sp³-hybridized carbons (Fsp3) is 0.364. The lowest BCUT2D eigenvalue weighted by atomic mass is 9.81. The smallest absolute Gasteiger partial charge is 0.108 e. The normalized spacial score (nSPS) is 25.9. The largest absolute Gasteiger partial charge is 0.399 e. The molecule has 14 heavy (non-hydrogen) atoms. The molecule has 1 heterocycles. The minimum atomic E-state index is -0.477. The molecule has 0 saturated carbocycles. The molecule has 1 fully saturated rings. The number of hydrogen-bond donors (Lipinski definition) is 1. The molecule has 0 unspecified atom stereocenters. The average molecular weight is 188 g/mol. The van der Waals surface area contributed by atoms with Crippen LogP contribution in [0.4, 0.5) is 5.69 Å². The van der Waals surface area contributed by atoms with Gasteiger partial charge in [-0.25, -0.2) is 0 Å². The summed E-state index contributed by atoms with van der Waals surface area (Å²) < 4.78 is 5.28. The lowest BCUT2D eigenvalue weighted by molar-refractivity contribution is 0.186. The SMILES string of the molecule is N#C[C@@]1(c2cccc(N)c2)CCOC1. The van der Waals surface area contributed by atoms with Crippen molar-refractivity contribution in [3.8, 4) is 6.07 Å². The maximum Gasteiger partial charge on any atom is 0.108 e. The monoisotopic (exact) mass is 188 g/mol. The molecule has 0 aromatic heterocycles. The van der Waals surface area contributed by atoms with Gasteiger partial charge in [-0.1, -0.05) is 12.1 Å². The summed E-state index contributed by atoms with van der Waals surface area (Å²) in [5, 5.41) is 9.19. The topological polar surface area (TPSA) is 59.0 Å². The third kappa shape index (κ3) is 1.34. The van der Waals surface area contributed by atoms with Gasteiger partial charge in [-0.15, -0.1) is 0 Å². The number of ether oxygens (including phenoxy) is 1. The zero-order chi connectivity index (χ0) is 10.0. The highest BCUT2D eigenvalue weighted by molar-refractivity contribution is 5.46. The van der Waals surface area contributed by atoms with Gasteiger partial charge in [-0.3, -0.25) is 0 Å². The Kier molecular flexibility index (Phi) is 2.14. The maximum atomic E-state index is 9.19. The van der Waals surface area contributed by atoms with Gasteiger partial charge in [0.1, 0.15) is 5.41 Å². The second kappa shape index (κ2) is 3.32. The van der Waals surface area contributed by atoms with Crippen LogP contribution in [0.2, 0.25) is 0 Å². The van der Waals surface area contributed by atoms with Crippen molar-refractivity contribution < 1.29 is 4.74 Å². The fourth-order valence-corrected chi connectivity index (χ4v) is 1.78.